The van der Waals surface area contributed by atoms with Crippen molar-refractivity contribution < 1.29 is 36.3 Å². The molecule has 0 spiro atoms. The average molecular weight is 680 g/mol. The van der Waals surface area contributed by atoms with Crippen molar-refractivity contribution in [2.24, 2.45) is 10.7 Å². The fourth-order valence-corrected chi connectivity index (χ4v) is 4.84. The Morgan fingerprint density at radius 3 is 2.49 bits per heavy atom. The van der Waals surface area contributed by atoms with E-state index in [9.17, 15) is 31.5 Å². The van der Waals surface area contributed by atoms with Crippen LogP contribution in [0, 0.1) is 0 Å². The molecule has 18 heteroatoms. The van der Waals surface area contributed by atoms with Gasteiger partial charge >= 0.3 is 12.6 Å². The highest BCUT2D eigenvalue weighted by Gasteiger charge is 2.39. The standard InChI is InChI=1S/C29H27ClF5N9O3/c1-2-37-28(36)43(26(45)16-5-3-15(4-6-16)18-11-39-42(12-18)27(34)35)23(13-47-29(46)41-21-10-20(21)31)17-7-8-19(30)22(9-17)44-25(24(32)33)38-14-40-44/h3-9,11-12,14,20-21,23-24,27H,2,10,13H2,1H3,(H2,36,37)(H,41,46)/t20-,21-,23-/m1/s1. The molecule has 2 amide bonds. The molecule has 2 aromatic heterocycles. The SMILES string of the molecule is CCN=C(N)N(C(=O)c1ccc(-c2cnn(C(F)F)c2)cc1)[C@H](COC(=O)N[C@@H]1C[C@H]1F)c1ccc(Cl)c(-n2ncnc2C(F)F)c1. The zero-order valence-electron chi connectivity index (χ0n) is 24.5. The minimum absolute atomic E-state index is 0.0140. The Labute approximate surface area is 269 Å². The lowest BCUT2D eigenvalue weighted by molar-refractivity contribution is 0.0566. The van der Waals surface area contributed by atoms with Gasteiger partial charge in [0.25, 0.3) is 12.3 Å². The minimum Gasteiger partial charge on any atom is -0.447 e. The van der Waals surface area contributed by atoms with Crippen LogP contribution < -0.4 is 11.1 Å². The Morgan fingerprint density at radius 1 is 1.15 bits per heavy atom. The monoisotopic (exact) mass is 679 g/mol. The second kappa shape index (κ2) is 14.1. The fourth-order valence-electron chi connectivity index (χ4n) is 4.65. The van der Waals surface area contributed by atoms with Crippen molar-refractivity contribution in [3.63, 3.8) is 0 Å². The van der Waals surface area contributed by atoms with Crippen molar-refractivity contribution in [3.05, 3.63) is 83.2 Å². The van der Waals surface area contributed by atoms with E-state index in [-0.39, 0.29) is 40.8 Å². The third-order valence-corrected chi connectivity index (χ3v) is 7.42. The van der Waals surface area contributed by atoms with Crippen LogP contribution in [0.15, 0.2) is 66.2 Å². The Bertz CT molecular complexity index is 1770. The Morgan fingerprint density at radius 2 is 1.87 bits per heavy atom. The van der Waals surface area contributed by atoms with Crippen molar-refractivity contribution in [2.45, 2.75) is 44.6 Å². The molecular weight excluding hydrogens is 653 g/mol. The normalized spacial score (nSPS) is 16.7. The minimum atomic E-state index is -3.00. The molecule has 0 aliphatic heterocycles. The average Bonchev–Trinajstić information content (AvgIpc) is 3.43. The quantitative estimate of drug-likeness (QED) is 0.121. The maximum absolute atomic E-state index is 14.1. The van der Waals surface area contributed by atoms with E-state index in [1.807, 2.05) is 0 Å². The van der Waals surface area contributed by atoms with Crippen molar-refractivity contribution in [3.8, 4) is 16.8 Å². The van der Waals surface area contributed by atoms with E-state index in [1.165, 1.54) is 48.7 Å². The predicted octanol–water partition coefficient (Wildman–Crippen LogP) is 5.47. The van der Waals surface area contributed by atoms with Crippen molar-refractivity contribution in [1.82, 2.24) is 34.8 Å². The molecule has 1 aliphatic carbocycles. The molecule has 3 atom stereocenters. The van der Waals surface area contributed by atoms with E-state index < -0.39 is 55.7 Å². The predicted molar refractivity (Wildman–Crippen MR) is 159 cm³/mol. The maximum Gasteiger partial charge on any atom is 0.407 e. The third-order valence-electron chi connectivity index (χ3n) is 7.10. The van der Waals surface area contributed by atoms with Gasteiger partial charge in [-0.05, 0) is 42.3 Å². The highest BCUT2D eigenvalue weighted by Crippen LogP contribution is 2.32. The number of alkyl halides is 5. The molecular formula is C29H27ClF5N9O3. The number of amides is 2. The first kappa shape index (κ1) is 33.3. The van der Waals surface area contributed by atoms with Crippen molar-refractivity contribution in [2.75, 3.05) is 13.2 Å². The number of nitrogens with zero attached hydrogens (tertiary/aromatic N) is 7. The lowest BCUT2D eigenvalue weighted by Crippen LogP contribution is -2.46. The summed E-state index contributed by atoms with van der Waals surface area (Å²) in [5.74, 6) is -1.67. The van der Waals surface area contributed by atoms with Crippen LogP contribution in [-0.2, 0) is 4.74 Å². The summed E-state index contributed by atoms with van der Waals surface area (Å²) in [5, 5.41) is 9.87. The summed E-state index contributed by atoms with van der Waals surface area (Å²) in [4.78, 5) is 35.5. The van der Waals surface area contributed by atoms with Crippen LogP contribution in [0.1, 0.15) is 54.1 Å². The summed E-state index contributed by atoms with van der Waals surface area (Å²) < 4.78 is 73.5. The first-order valence-corrected chi connectivity index (χ1v) is 14.5. The number of carbonyl (C=O) groups is 2. The number of rotatable bonds is 11. The molecule has 47 heavy (non-hydrogen) atoms. The van der Waals surface area contributed by atoms with Crippen LogP contribution in [0.2, 0.25) is 5.02 Å². The first-order chi connectivity index (χ1) is 22.5. The number of hydrogen-bond donors (Lipinski definition) is 2. The summed E-state index contributed by atoms with van der Waals surface area (Å²) in [6, 6.07) is 8.17. The lowest BCUT2D eigenvalue weighted by atomic mass is 10.0. The van der Waals surface area contributed by atoms with Gasteiger partial charge in [-0.25, -0.2) is 32.3 Å². The number of carbonyl (C=O) groups excluding carboxylic acids is 2. The van der Waals surface area contributed by atoms with Gasteiger partial charge in [0.2, 0.25) is 0 Å². The van der Waals surface area contributed by atoms with Gasteiger partial charge in [0.1, 0.15) is 19.1 Å². The number of nitrogens with one attached hydrogen (secondary N) is 1. The van der Waals surface area contributed by atoms with Crippen LogP contribution in [0.5, 0.6) is 0 Å². The Hall–Kier alpha value is -5.06. The molecule has 5 rings (SSSR count). The fraction of sp³-hybridized carbons (Fsp3) is 0.310. The summed E-state index contributed by atoms with van der Waals surface area (Å²) in [7, 11) is 0. The van der Waals surface area contributed by atoms with Crippen LogP contribution in [0.4, 0.5) is 26.7 Å². The van der Waals surface area contributed by atoms with E-state index in [0.717, 1.165) is 22.1 Å². The van der Waals surface area contributed by atoms with Crippen LogP contribution in [0.25, 0.3) is 16.8 Å². The largest absolute Gasteiger partial charge is 0.447 e. The number of nitrogens with two attached hydrogens (primary N) is 1. The molecule has 4 aromatic rings. The molecule has 0 unspecified atom stereocenters. The second-order valence-electron chi connectivity index (χ2n) is 10.2. The number of hydrogen-bond acceptors (Lipinski definition) is 7. The maximum atomic E-state index is 14.1. The zero-order chi connectivity index (χ0) is 33.8. The molecule has 0 bridgehead atoms. The second-order valence-corrected chi connectivity index (χ2v) is 10.6. The van der Waals surface area contributed by atoms with E-state index in [0.29, 0.717) is 15.8 Å². The number of ether oxygens (including phenoxy) is 1. The number of guanidine groups is 1. The molecule has 1 saturated carbocycles. The van der Waals surface area contributed by atoms with Crippen molar-refractivity contribution in [1.29, 1.82) is 0 Å². The van der Waals surface area contributed by atoms with Crippen molar-refractivity contribution >= 4 is 29.6 Å². The number of aromatic nitrogens is 5. The lowest BCUT2D eigenvalue weighted by Gasteiger charge is -2.31. The number of aliphatic imine (C=N–C) groups is 1. The van der Waals surface area contributed by atoms with E-state index in [1.54, 1.807) is 6.92 Å². The highest BCUT2D eigenvalue weighted by molar-refractivity contribution is 6.32. The van der Waals surface area contributed by atoms with Gasteiger partial charge < -0.3 is 15.8 Å². The Balaban J connectivity index is 1.53. The van der Waals surface area contributed by atoms with Crippen LogP contribution in [-0.4, -0.2) is 72.8 Å². The summed E-state index contributed by atoms with van der Waals surface area (Å²) in [5.41, 5.74) is 7.47. The van der Waals surface area contributed by atoms with Crippen LogP contribution >= 0.6 is 11.6 Å². The number of halogens is 6. The number of alkyl carbamates (subject to hydrolysis) is 1. The number of benzene rings is 2. The summed E-state index contributed by atoms with van der Waals surface area (Å²) >= 11 is 6.37. The first-order valence-electron chi connectivity index (χ1n) is 14.1. The third kappa shape index (κ3) is 7.51. The van der Waals surface area contributed by atoms with Gasteiger partial charge in [-0.1, -0.05) is 29.8 Å². The molecule has 0 radical (unpaired) electrons. The van der Waals surface area contributed by atoms with E-state index in [4.69, 9.17) is 22.1 Å². The molecule has 248 valence electrons. The zero-order valence-corrected chi connectivity index (χ0v) is 25.2. The highest BCUT2D eigenvalue weighted by atomic mass is 35.5. The van der Waals surface area contributed by atoms with Gasteiger partial charge in [-0.2, -0.15) is 19.0 Å². The van der Waals surface area contributed by atoms with Gasteiger partial charge in [0.05, 0.1) is 29.0 Å². The molecule has 3 N–H and O–H groups in total. The van der Waals surface area contributed by atoms with E-state index in [2.05, 4.69) is 25.5 Å². The Kier molecular flexibility index (Phi) is 10.0. The topological polar surface area (TPSA) is 146 Å². The smallest absolute Gasteiger partial charge is 0.407 e. The summed E-state index contributed by atoms with van der Waals surface area (Å²) in [6.45, 7) is -1.55. The molecule has 0 saturated heterocycles. The van der Waals surface area contributed by atoms with Gasteiger partial charge in [-0.15, -0.1) is 0 Å². The molecule has 2 heterocycles. The molecule has 1 aliphatic rings. The molecule has 1 fully saturated rings. The van der Waals surface area contributed by atoms with Crippen LogP contribution in [0.3, 0.4) is 0 Å². The van der Waals surface area contributed by atoms with Gasteiger partial charge in [0, 0.05) is 30.3 Å². The molecule has 2 aromatic carbocycles. The summed E-state index contributed by atoms with van der Waals surface area (Å²) in [6.07, 6.45) is -1.71. The van der Waals surface area contributed by atoms with Gasteiger partial charge in [-0.3, -0.25) is 14.7 Å². The molecule has 12 nitrogen and oxygen atoms in total. The van der Waals surface area contributed by atoms with E-state index >= 15 is 0 Å². The van der Waals surface area contributed by atoms with Gasteiger partial charge in [0.15, 0.2) is 11.8 Å².